The first-order valence-electron chi connectivity index (χ1n) is 5.54. The van der Waals surface area contributed by atoms with Gasteiger partial charge in [-0.3, -0.25) is 4.90 Å². The number of para-hydroxylation sites is 1. The van der Waals surface area contributed by atoms with E-state index in [1.54, 1.807) is 0 Å². The third kappa shape index (κ3) is 3.12. The molecule has 1 aliphatic heterocycles. The lowest BCUT2D eigenvalue weighted by Crippen LogP contribution is -2.45. The van der Waals surface area contributed by atoms with Crippen molar-refractivity contribution in [1.82, 2.24) is 4.90 Å². The molecule has 0 saturated carbocycles. The van der Waals surface area contributed by atoms with E-state index in [0.717, 1.165) is 11.3 Å². The first-order valence-corrected chi connectivity index (χ1v) is 5.54. The van der Waals surface area contributed by atoms with Crippen LogP contribution in [0.4, 0.5) is 18.9 Å². The predicted molar refractivity (Wildman–Crippen MR) is 61.1 cm³/mol. The molecule has 0 radical (unpaired) electrons. The minimum absolute atomic E-state index is 0.105. The zero-order chi connectivity index (χ0) is 12.5. The van der Waals surface area contributed by atoms with Crippen LogP contribution in [0.1, 0.15) is 5.56 Å². The summed E-state index contributed by atoms with van der Waals surface area (Å²) in [6, 6.07) is 7.63. The zero-order valence-corrected chi connectivity index (χ0v) is 9.59. The van der Waals surface area contributed by atoms with Gasteiger partial charge in [-0.05, 0) is 25.1 Å². The van der Waals surface area contributed by atoms with E-state index in [-0.39, 0.29) is 6.04 Å². The Balaban J connectivity index is 2.02. The summed E-state index contributed by atoms with van der Waals surface area (Å²) in [5.41, 5.74) is 2.11. The smallest absolute Gasteiger partial charge is 0.383 e. The Kier molecular flexibility index (Phi) is 3.28. The average Bonchev–Trinajstić information content (AvgIpc) is 2.26. The van der Waals surface area contributed by atoms with Gasteiger partial charge in [0.2, 0.25) is 0 Å². The first-order chi connectivity index (χ1) is 7.96. The van der Waals surface area contributed by atoms with Crippen LogP contribution in [0.2, 0.25) is 0 Å². The van der Waals surface area contributed by atoms with Crippen LogP contribution < -0.4 is 5.32 Å². The maximum absolute atomic E-state index is 12.3. The van der Waals surface area contributed by atoms with Crippen LogP contribution in [0.25, 0.3) is 0 Å². The maximum Gasteiger partial charge on any atom is 0.401 e. The summed E-state index contributed by atoms with van der Waals surface area (Å²) < 4.78 is 36.9. The van der Waals surface area contributed by atoms with Gasteiger partial charge in [0.1, 0.15) is 0 Å². The van der Waals surface area contributed by atoms with Gasteiger partial charge < -0.3 is 5.32 Å². The van der Waals surface area contributed by atoms with Gasteiger partial charge >= 0.3 is 6.18 Å². The number of hydrogen-bond acceptors (Lipinski definition) is 2. The van der Waals surface area contributed by atoms with Crippen molar-refractivity contribution < 1.29 is 13.2 Å². The Labute approximate surface area is 98.4 Å². The van der Waals surface area contributed by atoms with Gasteiger partial charge in [-0.15, -0.1) is 0 Å². The molecule has 1 N–H and O–H groups in total. The van der Waals surface area contributed by atoms with Crippen LogP contribution >= 0.6 is 0 Å². The van der Waals surface area contributed by atoms with Crippen LogP contribution in [0.5, 0.6) is 0 Å². The van der Waals surface area contributed by atoms with Crippen molar-refractivity contribution in [2.24, 2.45) is 0 Å². The lowest BCUT2D eigenvalue weighted by atomic mass is 9.99. The summed E-state index contributed by atoms with van der Waals surface area (Å²) in [5, 5.41) is 3.17. The van der Waals surface area contributed by atoms with Crippen molar-refractivity contribution >= 4 is 5.69 Å². The third-order valence-electron chi connectivity index (χ3n) is 3.05. The number of rotatable bonds is 2. The van der Waals surface area contributed by atoms with E-state index in [2.05, 4.69) is 5.32 Å². The summed E-state index contributed by atoms with van der Waals surface area (Å²) in [7, 11) is 1.52. The topological polar surface area (TPSA) is 15.3 Å². The van der Waals surface area contributed by atoms with Gasteiger partial charge in [0.25, 0.3) is 0 Å². The number of alkyl halides is 3. The highest BCUT2D eigenvalue weighted by atomic mass is 19.4. The van der Waals surface area contributed by atoms with E-state index in [1.165, 1.54) is 11.9 Å². The highest BCUT2D eigenvalue weighted by Gasteiger charge is 2.33. The molecule has 1 aromatic rings. The van der Waals surface area contributed by atoms with Crippen LogP contribution in [-0.2, 0) is 6.42 Å². The van der Waals surface area contributed by atoms with Gasteiger partial charge in [0, 0.05) is 18.3 Å². The van der Waals surface area contributed by atoms with E-state index in [1.807, 2.05) is 24.3 Å². The third-order valence-corrected chi connectivity index (χ3v) is 3.05. The van der Waals surface area contributed by atoms with Crippen molar-refractivity contribution in [3.8, 4) is 0 Å². The first kappa shape index (κ1) is 12.2. The highest BCUT2D eigenvalue weighted by molar-refractivity contribution is 5.53. The molecule has 1 heterocycles. The Morgan fingerprint density at radius 1 is 1.35 bits per heavy atom. The molecule has 0 aliphatic carbocycles. The highest BCUT2D eigenvalue weighted by Crippen LogP contribution is 2.25. The summed E-state index contributed by atoms with van der Waals surface area (Å²) in [6.45, 7) is -0.300. The zero-order valence-electron chi connectivity index (χ0n) is 9.59. The van der Waals surface area contributed by atoms with E-state index in [0.29, 0.717) is 13.0 Å². The second kappa shape index (κ2) is 4.56. The quantitative estimate of drug-likeness (QED) is 0.860. The van der Waals surface area contributed by atoms with Crippen molar-refractivity contribution in [2.45, 2.75) is 18.6 Å². The lowest BCUT2D eigenvalue weighted by molar-refractivity contribution is -0.147. The van der Waals surface area contributed by atoms with E-state index in [9.17, 15) is 13.2 Å². The molecule has 2 rings (SSSR count). The Morgan fingerprint density at radius 3 is 2.76 bits per heavy atom. The fraction of sp³-hybridized carbons (Fsp3) is 0.500. The molecule has 2 nitrogen and oxygen atoms in total. The van der Waals surface area contributed by atoms with Crippen molar-refractivity contribution in [1.29, 1.82) is 0 Å². The average molecular weight is 244 g/mol. The van der Waals surface area contributed by atoms with Gasteiger partial charge in [-0.25, -0.2) is 0 Å². The largest absolute Gasteiger partial charge is 0.401 e. The molecule has 1 aromatic carbocycles. The number of nitrogens with one attached hydrogen (secondary N) is 1. The molecule has 0 aromatic heterocycles. The molecule has 1 unspecified atom stereocenters. The molecular weight excluding hydrogens is 229 g/mol. The second-order valence-electron chi connectivity index (χ2n) is 4.43. The van der Waals surface area contributed by atoms with Crippen LogP contribution in [0.15, 0.2) is 24.3 Å². The monoisotopic (exact) mass is 244 g/mol. The van der Waals surface area contributed by atoms with Gasteiger partial charge in [-0.1, -0.05) is 18.2 Å². The molecule has 0 saturated heterocycles. The maximum atomic E-state index is 12.3. The molecule has 0 amide bonds. The number of halogens is 3. The van der Waals surface area contributed by atoms with Gasteiger partial charge in [-0.2, -0.15) is 13.2 Å². The van der Waals surface area contributed by atoms with E-state index in [4.69, 9.17) is 0 Å². The van der Waals surface area contributed by atoms with E-state index >= 15 is 0 Å². The number of hydrogen-bond donors (Lipinski definition) is 1. The molecule has 0 fully saturated rings. The summed E-state index contributed by atoms with van der Waals surface area (Å²) >= 11 is 0. The van der Waals surface area contributed by atoms with E-state index < -0.39 is 12.7 Å². The summed E-state index contributed by atoms with van der Waals surface area (Å²) in [4.78, 5) is 1.36. The van der Waals surface area contributed by atoms with Crippen molar-refractivity contribution in [2.75, 3.05) is 25.5 Å². The Hall–Kier alpha value is -1.23. The number of anilines is 1. The number of likely N-dealkylation sites (N-methyl/N-ethyl adjacent to an activating group) is 1. The van der Waals surface area contributed by atoms with Crippen molar-refractivity contribution in [3.05, 3.63) is 29.8 Å². The normalized spacial score (nSPS) is 19.9. The fourth-order valence-corrected chi connectivity index (χ4v) is 2.15. The number of benzene rings is 1. The number of nitrogens with zero attached hydrogens (tertiary/aromatic N) is 1. The minimum atomic E-state index is -4.13. The molecule has 0 spiro atoms. The molecular formula is C12H15F3N2. The SMILES string of the molecule is CN(CC(F)(F)F)C1CNc2ccccc2C1. The second-order valence-corrected chi connectivity index (χ2v) is 4.43. The lowest BCUT2D eigenvalue weighted by Gasteiger charge is -2.33. The molecule has 5 heteroatoms. The predicted octanol–water partition coefficient (Wildman–Crippen LogP) is 2.52. The van der Waals surface area contributed by atoms with Crippen LogP contribution in [0, 0.1) is 0 Å². The van der Waals surface area contributed by atoms with Gasteiger partial charge in [0.05, 0.1) is 6.54 Å². The van der Waals surface area contributed by atoms with Gasteiger partial charge in [0.15, 0.2) is 0 Å². The molecule has 0 bridgehead atoms. The molecule has 1 atom stereocenters. The summed E-state index contributed by atoms with van der Waals surface area (Å²) in [6.07, 6.45) is -3.47. The van der Waals surface area contributed by atoms with Crippen LogP contribution in [0.3, 0.4) is 0 Å². The molecule has 1 aliphatic rings. The summed E-state index contributed by atoms with van der Waals surface area (Å²) in [5.74, 6) is 0. The standard InChI is InChI=1S/C12H15F3N2/c1-17(8-12(13,14)15)10-6-9-4-2-3-5-11(9)16-7-10/h2-5,10,16H,6-8H2,1H3. The Morgan fingerprint density at radius 2 is 2.06 bits per heavy atom. The Bertz CT molecular complexity index is 390. The number of fused-ring (bicyclic) bond motifs is 1. The van der Waals surface area contributed by atoms with Crippen molar-refractivity contribution in [3.63, 3.8) is 0 Å². The molecule has 94 valence electrons. The van der Waals surface area contributed by atoms with Crippen LogP contribution in [-0.4, -0.2) is 37.3 Å². The fourth-order valence-electron chi connectivity index (χ4n) is 2.15. The molecule has 17 heavy (non-hydrogen) atoms. The minimum Gasteiger partial charge on any atom is -0.383 e.